The Kier molecular flexibility index (Phi) is 5.47. The maximum Gasteiger partial charge on any atom is 0.243 e. The highest BCUT2D eigenvalue weighted by Crippen LogP contribution is 2.42. The minimum absolute atomic E-state index is 0.0561. The van der Waals surface area contributed by atoms with Crippen LogP contribution in [0, 0.1) is 13.8 Å². The maximum atomic E-state index is 13.2. The SMILES string of the molecule is COc1ccc(S(=O)(=O)N2CCC3(CC2)CC(=O)c2ccc(C)c(C)c2O3)cc1OC. The Balaban J connectivity index is 1.56. The zero-order valence-corrected chi connectivity index (χ0v) is 19.0. The molecule has 0 amide bonds. The minimum atomic E-state index is -3.71. The lowest BCUT2D eigenvalue weighted by atomic mass is 9.82. The van der Waals surface area contributed by atoms with Gasteiger partial charge in [-0.1, -0.05) is 6.07 Å². The van der Waals surface area contributed by atoms with Crippen LogP contribution in [-0.4, -0.2) is 51.4 Å². The van der Waals surface area contributed by atoms with Crippen LogP contribution in [0.2, 0.25) is 0 Å². The van der Waals surface area contributed by atoms with Crippen LogP contribution in [0.25, 0.3) is 0 Å². The lowest BCUT2D eigenvalue weighted by Gasteiger charge is -2.44. The van der Waals surface area contributed by atoms with Crippen molar-refractivity contribution in [2.75, 3.05) is 27.3 Å². The zero-order chi connectivity index (χ0) is 22.4. The number of nitrogens with zero attached hydrogens (tertiary/aromatic N) is 1. The molecule has 1 saturated heterocycles. The van der Waals surface area contributed by atoms with Crippen molar-refractivity contribution in [2.45, 2.75) is 43.6 Å². The number of sulfonamides is 1. The summed E-state index contributed by atoms with van der Waals surface area (Å²) in [5.41, 5.74) is 1.99. The van der Waals surface area contributed by atoms with E-state index in [1.54, 1.807) is 6.07 Å². The molecule has 0 atom stereocenters. The zero-order valence-electron chi connectivity index (χ0n) is 18.2. The Morgan fingerprint density at radius 1 is 1.00 bits per heavy atom. The van der Waals surface area contributed by atoms with Crippen LogP contribution in [-0.2, 0) is 10.0 Å². The number of methoxy groups -OCH3 is 2. The minimum Gasteiger partial charge on any atom is -0.493 e. The molecule has 0 unspecified atom stereocenters. The van der Waals surface area contributed by atoms with Gasteiger partial charge < -0.3 is 14.2 Å². The number of benzene rings is 2. The summed E-state index contributed by atoms with van der Waals surface area (Å²) >= 11 is 0. The molecule has 0 N–H and O–H groups in total. The molecule has 31 heavy (non-hydrogen) atoms. The Hall–Kier alpha value is -2.58. The van der Waals surface area contributed by atoms with Gasteiger partial charge in [-0.2, -0.15) is 4.31 Å². The quantitative estimate of drug-likeness (QED) is 0.716. The van der Waals surface area contributed by atoms with Crippen LogP contribution < -0.4 is 14.2 Å². The first-order valence-corrected chi connectivity index (χ1v) is 11.7. The van der Waals surface area contributed by atoms with Crippen molar-refractivity contribution in [2.24, 2.45) is 0 Å². The average molecular weight is 446 g/mol. The second-order valence-corrected chi connectivity index (χ2v) is 10.1. The van der Waals surface area contributed by atoms with Gasteiger partial charge in [0, 0.05) is 32.0 Å². The van der Waals surface area contributed by atoms with Crippen molar-refractivity contribution in [3.63, 3.8) is 0 Å². The van der Waals surface area contributed by atoms with Crippen molar-refractivity contribution in [1.82, 2.24) is 4.31 Å². The molecule has 8 heteroatoms. The number of ether oxygens (including phenoxy) is 3. The van der Waals surface area contributed by atoms with E-state index in [-0.39, 0.29) is 30.2 Å². The number of ketones is 1. The average Bonchev–Trinajstić information content (AvgIpc) is 2.76. The molecule has 0 bridgehead atoms. The molecule has 4 rings (SSSR count). The van der Waals surface area contributed by atoms with E-state index in [4.69, 9.17) is 14.2 Å². The van der Waals surface area contributed by atoms with Gasteiger partial charge in [-0.15, -0.1) is 0 Å². The van der Waals surface area contributed by atoms with Crippen LogP contribution in [0.5, 0.6) is 17.2 Å². The number of Topliss-reactive ketones (excluding diaryl/α,β-unsaturated/α-hetero) is 1. The summed E-state index contributed by atoms with van der Waals surface area (Å²) in [5, 5.41) is 0. The summed E-state index contributed by atoms with van der Waals surface area (Å²) in [5.74, 6) is 1.53. The van der Waals surface area contributed by atoms with Gasteiger partial charge in [-0.05, 0) is 43.2 Å². The van der Waals surface area contributed by atoms with Crippen LogP contribution in [0.3, 0.4) is 0 Å². The molecule has 0 radical (unpaired) electrons. The summed E-state index contributed by atoms with van der Waals surface area (Å²) in [6.45, 7) is 4.51. The summed E-state index contributed by atoms with van der Waals surface area (Å²) in [7, 11) is -0.734. The number of carbonyl (C=O) groups is 1. The molecule has 7 nitrogen and oxygen atoms in total. The molecule has 2 aromatic carbocycles. The fourth-order valence-electron chi connectivity index (χ4n) is 4.32. The smallest absolute Gasteiger partial charge is 0.243 e. The van der Waals surface area contributed by atoms with E-state index >= 15 is 0 Å². The molecule has 2 aromatic rings. The van der Waals surface area contributed by atoms with Gasteiger partial charge in [0.2, 0.25) is 10.0 Å². The standard InChI is InChI=1S/C23H27NO6S/c1-15-5-7-18-19(25)14-23(30-22(18)16(15)2)9-11-24(12-10-23)31(26,27)17-6-8-20(28-3)21(13-17)29-4/h5-8,13H,9-12,14H2,1-4H3. The fraction of sp³-hybridized carbons (Fsp3) is 0.435. The van der Waals surface area contributed by atoms with Gasteiger partial charge in [-0.3, -0.25) is 4.79 Å². The highest BCUT2D eigenvalue weighted by Gasteiger charge is 2.45. The molecule has 2 aliphatic heterocycles. The third-order valence-corrected chi connectivity index (χ3v) is 8.30. The number of hydrogen-bond donors (Lipinski definition) is 0. The Labute approximate surface area is 183 Å². The Morgan fingerprint density at radius 2 is 1.68 bits per heavy atom. The van der Waals surface area contributed by atoms with Crippen molar-refractivity contribution < 1.29 is 27.4 Å². The van der Waals surface area contributed by atoms with Crippen molar-refractivity contribution >= 4 is 15.8 Å². The number of piperidine rings is 1. The Morgan fingerprint density at radius 3 is 2.32 bits per heavy atom. The number of rotatable bonds is 4. The van der Waals surface area contributed by atoms with E-state index < -0.39 is 15.6 Å². The lowest BCUT2D eigenvalue weighted by Crippen LogP contribution is -2.52. The van der Waals surface area contributed by atoms with Gasteiger partial charge in [0.25, 0.3) is 0 Å². The summed E-state index contributed by atoms with van der Waals surface area (Å²) in [4.78, 5) is 13.0. The molecular formula is C23H27NO6S. The predicted octanol–water partition coefficient (Wildman–Crippen LogP) is 3.51. The number of aryl methyl sites for hydroxylation is 1. The van der Waals surface area contributed by atoms with Gasteiger partial charge in [0.1, 0.15) is 11.4 Å². The molecule has 0 saturated carbocycles. The first kappa shape index (κ1) is 21.6. The summed E-state index contributed by atoms with van der Waals surface area (Å²) in [6.07, 6.45) is 1.18. The van der Waals surface area contributed by atoms with E-state index in [0.29, 0.717) is 35.7 Å². The molecule has 1 fully saturated rings. The first-order chi connectivity index (χ1) is 14.7. The monoisotopic (exact) mass is 445 g/mol. The topological polar surface area (TPSA) is 82.1 Å². The lowest BCUT2D eigenvalue weighted by molar-refractivity contribution is 0.00532. The predicted molar refractivity (Wildman–Crippen MR) is 116 cm³/mol. The summed E-state index contributed by atoms with van der Waals surface area (Å²) in [6, 6.07) is 8.34. The van der Waals surface area contributed by atoms with Gasteiger partial charge in [-0.25, -0.2) is 8.42 Å². The van der Waals surface area contributed by atoms with Crippen LogP contribution in [0.4, 0.5) is 0 Å². The molecule has 2 heterocycles. The van der Waals surface area contributed by atoms with Crippen molar-refractivity contribution in [1.29, 1.82) is 0 Å². The third-order valence-electron chi connectivity index (χ3n) is 6.40. The maximum absolute atomic E-state index is 13.2. The molecule has 2 aliphatic rings. The van der Waals surface area contributed by atoms with E-state index in [1.807, 2.05) is 26.0 Å². The largest absolute Gasteiger partial charge is 0.493 e. The van der Waals surface area contributed by atoms with E-state index in [9.17, 15) is 13.2 Å². The molecule has 1 spiro atoms. The molecular weight excluding hydrogens is 418 g/mol. The normalized spacial score (nSPS) is 18.4. The number of carbonyl (C=O) groups excluding carboxylic acids is 1. The molecule has 0 aliphatic carbocycles. The first-order valence-electron chi connectivity index (χ1n) is 10.3. The fourth-order valence-corrected chi connectivity index (χ4v) is 5.78. The van der Waals surface area contributed by atoms with Crippen molar-refractivity contribution in [3.05, 3.63) is 47.0 Å². The number of hydrogen-bond acceptors (Lipinski definition) is 6. The van der Waals surface area contributed by atoms with Gasteiger partial charge >= 0.3 is 0 Å². The Bertz CT molecular complexity index is 1130. The highest BCUT2D eigenvalue weighted by molar-refractivity contribution is 7.89. The number of fused-ring (bicyclic) bond motifs is 1. The van der Waals surface area contributed by atoms with Crippen LogP contribution in [0.1, 0.15) is 40.7 Å². The van der Waals surface area contributed by atoms with Crippen LogP contribution in [0.15, 0.2) is 35.2 Å². The van der Waals surface area contributed by atoms with Crippen LogP contribution >= 0.6 is 0 Å². The van der Waals surface area contributed by atoms with E-state index in [1.165, 1.54) is 30.7 Å². The molecule has 166 valence electrons. The summed E-state index contributed by atoms with van der Waals surface area (Å²) < 4.78 is 44.7. The second-order valence-electron chi connectivity index (χ2n) is 8.19. The van der Waals surface area contributed by atoms with E-state index in [2.05, 4.69) is 0 Å². The van der Waals surface area contributed by atoms with E-state index in [0.717, 1.165) is 11.1 Å². The third kappa shape index (κ3) is 3.68. The second kappa shape index (κ2) is 7.84. The molecule has 0 aromatic heterocycles. The highest BCUT2D eigenvalue weighted by atomic mass is 32.2. The van der Waals surface area contributed by atoms with Gasteiger partial charge in [0.05, 0.1) is 31.1 Å². The van der Waals surface area contributed by atoms with Crippen molar-refractivity contribution in [3.8, 4) is 17.2 Å². The van der Waals surface area contributed by atoms with Gasteiger partial charge in [0.15, 0.2) is 17.3 Å².